The summed E-state index contributed by atoms with van der Waals surface area (Å²) in [7, 11) is 0. The van der Waals surface area contributed by atoms with E-state index in [9.17, 15) is 9.59 Å². The molecule has 3 rings (SSSR count). The van der Waals surface area contributed by atoms with Gasteiger partial charge in [0.05, 0.1) is 6.61 Å². The topological polar surface area (TPSA) is 64.6 Å². The fourth-order valence-corrected chi connectivity index (χ4v) is 4.06. The maximum atomic E-state index is 12.5. The number of carbonyl (C=O) groups is 2. The highest BCUT2D eigenvalue weighted by atomic mass is 16.6. The number of carbonyl (C=O) groups excluding carboxylic acids is 2. The van der Waals surface area contributed by atoms with E-state index in [1.54, 1.807) is 0 Å². The van der Waals surface area contributed by atoms with Crippen LogP contribution in [0, 0.1) is 0 Å². The Labute approximate surface area is 185 Å². The third-order valence-corrected chi connectivity index (χ3v) is 5.76. The summed E-state index contributed by atoms with van der Waals surface area (Å²) in [5.41, 5.74) is 4.69. The Balaban J connectivity index is 1.59. The lowest BCUT2D eigenvalue weighted by atomic mass is 9.98. The Morgan fingerprint density at radius 2 is 1.48 bits per heavy atom. The zero-order valence-electron chi connectivity index (χ0n) is 18.6. The van der Waals surface area contributed by atoms with Crippen molar-refractivity contribution >= 4 is 12.1 Å². The Morgan fingerprint density at radius 1 is 0.871 bits per heavy atom. The van der Waals surface area contributed by atoms with Crippen LogP contribution in [-0.4, -0.2) is 31.3 Å². The third-order valence-electron chi connectivity index (χ3n) is 5.76. The van der Waals surface area contributed by atoms with Gasteiger partial charge in [-0.1, -0.05) is 88.1 Å². The van der Waals surface area contributed by atoms with Crippen molar-refractivity contribution in [2.75, 3.05) is 13.2 Å². The van der Waals surface area contributed by atoms with Crippen LogP contribution in [0.15, 0.2) is 48.5 Å². The number of nitrogens with one attached hydrogen (secondary N) is 1. The van der Waals surface area contributed by atoms with E-state index in [0.717, 1.165) is 43.2 Å². The molecule has 1 amide bonds. The van der Waals surface area contributed by atoms with Crippen LogP contribution >= 0.6 is 0 Å². The van der Waals surface area contributed by atoms with Crippen molar-refractivity contribution in [3.05, 3.63) is 59.7 Å². The van der Waals surface area contributed by atoms with Gasteiger partial charge in [0, 0.05) is 5.92 Å². The number of alkyl carbamates (subject to hydrolysis) is 1. The van der Waals surface area contributed by atoms with E-state index >= 15 is 0 Å². The first-order valence-corrected chi connectivity index (χ1v) is 11.4. The van der Waals surface area contributed by atoms with Crippen LogP contribution < -0.4 is 5.32 Å². The Morgan fingerprint density at radius 3 is 2.10 bits per heavy atom. The van der Waals surface area contributed by atoms with E-state index in [1.165, 1.54) is 11.1 Å². The van der Waals surface area contributed by atoms with Crippen LogP contribution in [0.3, 0.4) is 0 Å². The minimum Gasteiger partial charge on any atom is -0.464 e. The molecule has 1 aliphatic rings. The molecule has 5 nitrogen and oxygen atoms in total. The number of hydrogen-bond donors (Lipinski definition) is 1. The van der Waals surface area contributed by atoms with Crippen LogP contribution in [0.1, 0.15) is 69.4 Å². The summed E-state index contributed by atoms with van der Waals surface area (Å²) in [6.45, 7) is 4.77. The van der Waals surface area contributed by atoms with Crippen LogP contribution in [0.5, 0.6) is 0 Å². The van der Waals surface area contributed by atoms with E-state index in [1.807, 2.05) is 24.3 Å². The van der Waals surface area contributed by atoms with Crippen LogP contribution in [-0.2, 0) is 14.3 Å². The second kappa shape index (κ2) is 11.5. The molecular formula is C26H33NO4. The van der Waals surface area contributed by atoms with Crippen molar-refractivity contribution in [1.82, 2.24) is 5.32 Å². The van der Waals surface area contributed by atoms with E-state index in [-0.39, 0.29) is 18.5 Å². The molecule has 0 bridgehead atoms. The molecule has 2 aromatic carbocycles. The van der Waals surface area contributed by atoms with Gasteiger partial charge in [0.2, 0.25) is 0 Å². The Kier molecular flexibility index (Phi) is 8.51. The number of rotatable bonds is 11. The van der Waals surface area contributed by atoms with E-state index < -0.39 is 12.1 Å². The van der Waals surface area contributed by atoms with Crippen molar-refractivity contribution in [1.29, 1.82) is 0 Å². The molecule has 0 unspecified atom stereocenters. The summed E-state index contributed by atoms with van der Waals surface area (Å²) < 4.78 is 11.0. The number of hydrogen-bond acceptors (Lipinski definition) is 4. The standard InChI is InChI=1S/C26H33NO4/c1-3-5-11-17-30-25(28)24(16-6-4-2)27-26(29)31-18-23-21-14-9-7-12-19(21)20-13-8-10-15-22(20)23/h7-10,12-15,23-24H,3-6,11,16-18H2,1-2H3,(H,27,29)/t24-/m1/s1. The zero-order chi connectivity index (χ0) is 22.1. The van der Waals surface area contributed by atoms with Gasteiger partial charge in [0.25, 0.3) is 0 Å². The summed E-state index contributed by atoms with van der Waals surface area (Å²) in [5.74, 6) is -0.383. The van der Waals surface area contributed by atoms with Gasteiger partial charge in [0.15, 0.2) is 0 Å². The van der Waals surface area contributed by atoms with Crippen molar-refractivity contribution < 1.29 is 19.1 Å². The summed E-state index contributed by atoms with van der Waals surface area (Å²) in [6, 6.07) is 15.8. The molecule has 0 fully saturated rings. The highest BCUT2D eigenvalue weighted by Crippen LogP contribution is 2.44. The molecule has 0 heterocycles. The van der Waals surface area contributed by atoms with Gasteiger partial charge in [-0.15, -0.1) is 0 Å². The molecule has 1 aliphatic carbocycles. The van der Waals surface area contributed by atoms with Gasteiger partial charge in [-0.05, 0) is 35.1 Å². The normalized spacial score (nSPS) is 13.2. The summed E-state index contributed by atoms with van der Waals surface area (Å²) in [6.07, 6.45) is 4.67. The minimum absolute atomic E-state index is 0.00626. The predicted molar refractivity (Wildman–Crippen MR) is 122 cm³/mol. The molecule has 166 valence electrons. The fraction of sp³-hybridized carbons (Fsp3) is 0.462. The Bertz CT molecular complexity index is 834. The van der Waals surface area contributed by atoms with Crippen LogP contribution in [0.2, 0.25) is 0 Å². The van der Waals surface area contributed by atoms with Gasteiger partial charge in [-0.2, -0.15) is 0 Å². The second-order valence-electron chi connectivity index (χ2n) is 8.04. The van der Waals surface area contributed by atoms with Gasteiger partial charge in [-0.3, -0.25) is 0 Å². The number of fused-ring (bicyclic) bond motifs is 3. The highest BCUT2D eigenvalue weighted by Gasteiger charge is 2.30. The molecule has 0 aromatic heterocycles. The first-order chi connectivity index (χ1) is 15.2. The van der Waals surface area contributed by atoms with E-state index in [0.29, 0.717) is 13.0 Å². The molecule has 0 radical (unpaired) electrons. The molecule has 2 aromatic rings. The molecule has 0 spiro atoms. The SMILES string of the molecule is CCCCCOC(=O)[C@@H](CCCC)NC(=O)OCC1c2ccccc2-c2ccccc21. The number of esters is 1. The zero-order valence-corrected chi connectivity index (χ0v) is 18.6. The summed E-state index contributed by atoms with van der Waals surface area (Å²) in [4.78, 5) is 25.0. The monoisotopic (exact) mass is 423 g/mol. The molecule has 0 aliphatic heterocycles. The summed E-state index contributed by atoms with van der Waals surface area (Å²) >= 11 is 0. The maximum Gasteiger partial charge on any atom is 0.407 e. The van der Waals surface area contributed by atoms with Crippen LogP contribution in [0.25, 0.3) is 11.1 Å². The lowest BCUT2D eigenvalue weighted by Crippen LogP contribution is -2.42. The van der Waals surface area contributed by atoms with E-state index in [4.69, 9.17) is 9.47 Å². The van der Waals surface area contributed by atoms with E-state index in [2.05, 4.69) is 43.4 Å². The average Bonchev–Trinajstić information content (AvgIpc) is 3.11. The average molecular weight is 424 g/mol. The molecular weight excluding hydrogens is 390 g/mol. The minimum atomic E-state index is -0.669. The predicted octanol–water partition coefficient (Wildman–Crippen LogP) is 5.82. The van der Waals surface area contributed by atoms with Crippen molar-refractivity contribution in [3.63, 3.8) is 0 Å². The second-order valence-corrected chi connectivity index (χ2v) is 8.04. The Hall–Kier alpha value is -2.82. The lowest BCUT2D eigenvalue weighted by Gasteiger charge is -2.19. The van der Waals surface area contributed by atoms with Crippen molar-refractivity contribution in [2.24, 2.45) is 0 Å². The molecule has 0 saturated heterocycles. The fourth-order valence-electron chi connectivity index (χ4n) is 4.06. The number of ether oxygens (including phenoxy) is 2. The first-order valence-electron chi connectivity index (χ1n) is 11.4. The molecule has 0 saturated carbocycles. The molecule has 1 atom stereocenters. The van der Waals surface area contributed by atoms with Gasteiger partial charge in [0.1, 0.15) is 12.6 Å². The number of unbranched alkanes of at least 4 members (excludes halogenated alkanes) is 3. The van der Waals surface area contributed by atoms with Gasteiger partial charge < -0.3 is 14.8 Å². The first kappa shape index (κ1) is 22.9. The lowest BCUT2D eigenvalue weighted by molar-refractivity contribution is -0.146. The third kappa shape index (κ3) is 5.87. The van der Waals surface area contributed by atoms with Crippen molar-refractivity contribution in [2.45, 2.75) is 64.3 Å². The van der Waals surface area contributed by atoms with Gasteiger partial charge in [-0.25, -0.2) is 9.59 Å². The smallest absolute Gasteiger partial charge is 0.407 e. The maximum absolute atomic E-state index is 12.5. The molecule has 1 N–H and O–H groups in total. The molecule has 5 heteroatoms. The number of amides is 1. The van der Waals surface area contributed by atoms with Gasteiger partial charge >= 0.3 is 12.1 Å². The largest absolute Gasteiger partial charge is 0.464 e. The quantitative estimate of drug-likeness (QED) is 0.365. The number of benzene rings is 2. The van der Waals surface area contributed by atoms with Crippen LogP contribution in [0.4, 0.5) is 4.79 Å². The molecule has 31 heavy (non-hydrogen) atoms. The summed E-state index contributed by atoms with van der Waals surface area (Å²) in [5, 5.41) is 2.73. The van der Waals surface area contributed by atoms with Crippen molar-refractivity contribution in [3.8, 4) is 11.1 Å². The highest BCUT2D eigenvalue weighted by molar-refractivity contribution is 5.82.